The molecule has 0 saturated heterocycles. The number of ether oxygens (including phenoxy) is 1. The molecule has 3 nitrogen and oxygen atoms in total. The van der Waals surface area contributed by atoms with Crippen molar-refractivity contribution in [2.45, 2.75) is 66.7 Å². The maximum atomic E-state index is 12.4. The van der Waals surface area contributed by atoms with E-state index in [1.807, 2.05) is 32.9 Å². The molecule has 0 amide bonds. The van der Waals surface area contributed by atoms with Crippen LogP contribution in [0.5, 0.6) is 0 Å². The lowest BCUT2D eigenvalue weighted by Gasteiger charge is -2.19. The quantitative estimate of drug-likeness (QED) is 0.409. The van der Waals surface area contributed by atoms with Gasteiger partial charge in [0.15, 0.2) is 5.78 Å². The third-order valence-electron chi connectivity index (χ3n) is 3.58. The molecule has 1 atom stereocenters. The van der Waals surface area contributed by atoms with Gasteiger partial charge >= 0.3 is 5.97 Å². The highest BCUT2D eigenvalue weighted by Crippen LogP contribution is 2.29. The SMILES string of the molecule is CCCC/C(OC(=O)C(C)(C)C)=C1\C=CC(CCC)C1=O. The fraction of sp³-hybridized carbons (Fsp3) is 0.667. The van der Waals surface area contributed by atoms with Gasteiger partial charge in [-0.1, -0.05) is 38.8 Å². The Morgan fingerprint density at radius 1 is 1.24 bits per heavy atom. The Labute approximate surface area is 128 Å². The highest BCUT2D eigenvalue weighted by Gasteiger charge is 2.30. The second kappa shape index (κ2) is 7.58. The Morgan fingerprint density at radius 2 is 1.90 bits per heavy atom. The maximum absolute atomic E-state index is 12.4. The number of carbonyl (C=O) groups excluding carboxylic acids is 2. The topological polar surface area (TPSA) is 43.4 Å². The molecule has 0 radical (unpaired) electrons. The van der Waals surface area contributed by atoms with E-state index in [9.17, 15) is 9.59 Å². The van der Waals surface area contributed by atoms with Gasteiger partial charge in [0.1, 0.15) is 5.76 Å². The summed E-state index contributed by atoms with van der Waals surface area (Å²) in [6.45, 7) is 9.62. The molecule has 118 valence electrons. The summed E-state index contributed by atoms with van der Waals surface area (Å²) in [5, 5.41) is 0. The average molecular weight is 292 g/mol. The summed E-state index contributed by atoms with van der Waals surface area (Å²) >= 11 is 0. The van der Waals surface area contributed by atoms with Gasteiger partial charge in [0.2, 0.25) is 0 Å². The van der Waals surface area contributed by atoms with E-state index in [-0.39, 0.29) is 17.7 Å². The first-order valence-corrected chi connectivity index (χ1v) is 7.99. The van der Waals surface area contributed by atoms with E-state index in [4.69, 9.17) is 4.74 Å². The number of hydrogen-bond acceptors (Lipinski definition) is 3. The Morgan fingerprint density at radius 3 is 2.43 bits per heavy atom. The molecule has 1 aliphatic rings. The Kier molecular flexibility index (Phi) is 6.38. The van der Waals surface area contributed by atoms with Crippen LogP contribution in [0.25, 0.3) is 0 Å². The molecule has 21 heavy (non-hydrogen) atoms. The molecule has 3 heteroatoms. The van der Waals surface area contributed by atoms with Crippen molar-refractivity contribution in [3.63, 3.8) is 0 Å². The molecule has 1 unspecified atom stereocenters. The van der Waals surface area contributed by atoms with Gasteiger partial charge in [-0.25, -0.2) is 0 Å². The first kappa shape index (κ1) is 17.7. The van der Waals surface area contributed by atoms with Crippen LogP contribution in [0.15, 0.2) is 23.5 Å². The van der Waals surface area contributed by atoms with Gasteiger partial charge in [0.25, 0.3) is 0 Å². The number of esters is 1. The highest BCUT2D eigenvalue weighted by atomic mass is 16.5. The Balaban J connectivity index is 2.97. The van der Waals surface area contributed by atoms with Gasteiger partial charge < -0.3 is 4.74 Å². The van der Waals surface area contributed by atoms with Crippen LogP contribution >= 0.6 is 0 Å². The smallest absolute Gasteiger partial charge is 0.316 e. The molecule has 0 N–H and O–H groups in total. The third kappa shape index (κ3) is 4.83. The van der Waals surface area contributed by atoms with Gasteiger partial charge in [0, 0.05) is 12.3 Å². The molecule has 0 aromatic heterocycles. The zero-order valence-electron chi connectivity index (χ0n) is 14.0. The summed E-state index contributed by atoms with van der Waals surface area (Å²) < 4.78 is 5.57. The molecule has 0 spiro atoms. The standard InChI is InChI=1S/C18H28O3/c1-6-8-10-15(21-17(20)18(3,4)5)14-12-11-13(9-7-2)16(14)19/h11-13H,6-10H2,1-5H3/b15-14-. The second-order valence-corrected chi connectivity index (χ2v) is 6.70. The van der Waals surface area contributed by atoms with Gasteiger partial charge in [-0.3, -0.25) is 9.59 Å². The first-order chi connectivity index (χ1) is 9.81. The van der Waals surface area contributed by atoms with Crippen LogP contribution < -0.4 is 0 Å². The molecule has 0 heterocycles. The van der Waals surface area contributed by atoms with E-state index in [0.29, 0.717) is 17.8 Å². The molecule has 0 aromatic carbocycles. The van der Waals surface area contributed by atoms with Crippen molar-refractivity contribution in [1.29, 1.82) is 0 Å². The first-order valence-electron chi connectivity index (χ1n) is 7.99. The lowest BCUT2D eigenvalue weighted by atomic mass is 9.96. The van der Waals surface area contributed by atoms with Crippen molar-refractivity contribution in [3.05, 3.63) is 23.5 Å². The molecule has 0 aromatic rings. The highest BCUT2D eigenvalue weighted by molar-refractivity contribution is 6.04. The summed E-state index contributed by atoms with van der Waals surface area (Å²) in [4.78, 5) is 24.5. The summed E-state index contributed by atoms with van der Waals surface area (Å²) in [7, 11) is 0. The maximum Gasteiger partial charge on any atom is 0.316 e. The predicted molar refractivity (Wildman–Crippen MR) is 84.6 cm³/mol. The van der Waals surface area contributed by atoms with Crippen LogP contribution in [0.2, 0.25) is 0 Å². The van der Waals surface area contributed by atoms with Crippen LogP contribution in [-0.2, 0) is 14.3 Å². The molecule has 0 aliphatic heterocycles. The summed E-state index contributed by atoms with van der Waals surface area (Å²) in [5.41, 5.74) is 0.0335. The number of unbranched alkanes of at least 4 members (excludes halogenated alkanes) is 1. The lowest BCUT2D eigenvalue weighted by molar-refractivity contribution is -0.148. The molecule has 0 bridgehead atoms. The Bertz CT molecular complexity index is 450. The minimum Gasteiger partial charge on any atom is -0.430 e. The molecule has 1 rings (SSSR count). The summed E-state index contributed by atoms with van der Waals surface area (Å²) in [6.07, 6.45) is 8.16. The largest absolute Gasteiger partial charge is 0.430 e. The third-order valence-corrected chi connectivity index (χ3v) is 3.58. The number of Topliss-reactive ketones (excluding diaryl/α,β-unsaturated/α-hetero) is 1. The van der Waals surface area contributed by atoms with Gasteiger partial charge in [-0.2, -0.15) is 0 Å². The Hall–Kier alpha value is -1.38. The minimum atomic E-state index is -0.563. The van der Waals surface area contributed by atoms with E-state index in [2.05, 4.69) is 13.8 Å². The minimum absolute atomic E-state index is 0.0463. The van der Waals surface area contributed by atoms with Crippen molar-refractivity contribution in [1.82, 2.24) is 0 Å². The van der Waals surface area contributed by atoms with Crippen LogP contribution in [0.1, 0.15) is 66.7 Å². The van der Waals surface area contributed by atoms with E-state index in [0.717, 1.165) is 25.7 Å². The fourth-order valence-electron chi connectivity index (χ4n) is 2.19. The van der Waals surface area contributed by atoms with Crippen molar-refractivity contribution >= 4 is 11.8 Å². The number of hydrogen-bond donors (Lipinski definition) is 0. The van der Waals surface area contributed by atoms with E-state index >= 15 is 0 Å². The van der Waals surface area contributed by atoms with Gasteiger partial charge in [0.05, 0.1) is 11.0 Å². The molecule has 1 aliphatic carbocycles. The normalized spacial score (nSPS) is 20.8. The van der Waals surface area contributed by atoms with E-state index in [1.54, 1.807) is 0 Å². The fourth-order valence-corrected chi connectivity index (χ4v) is 2.19. The van der Waals surface area contributed by atoms with Crippen LogP contribution in [0.4, 0.5) is 0 Å². The molecular formula is C18H28O3. The van der Waals surface area contributed by atoms with Crippen LogP contribution in [-0.4, -0.2) is 11.8 Å². The second-order valence-electron chi connectivity index (χ2n) is 6.70. The molecule has 0 fully saturated rings. The van der Waals surface area contributed by atoms with E-state index in [1.165, 1.54) is 0 Å². The van der Waals surface area contributed by atoms with Crippen LogP contribution in [0, 0.1) is 11.3 Å². The summed E-state index contributed by atoms with van der Waals surface area (Å²) in [5.74, 6) is 0.331. The van der Waals surface area contributed by atoms with Gasteiger partial charge in [-0.05, 0) is 33.6 Å². The van der Waals surface area contributed by atoms with Crippen molar-refractivity contribution < 1.29 is 14.3 Å². The van der Waals surface area contributed by atoms with Crippen LogP contribution in [0.3, 0.4) is 0 Å². The van der Waals surface area contributed by atoms with E-state index < -0.39 is 5.41 Å². The summed E-state index contributed by atoms with van der Waals surface area (Å²) in [6, 6.07) is 0. The average Bonchev–Trinajstić information content (AvgIpc) is 2.75. The zero-order chi connectivity index (χ0) is 16.0. The number of carbonyl (C=O) groups is 2. The van der Waals surface area contributed by atoms with Crippen molar-refractivity contribution in [2.24, 2.45) is 11.3 Å². The number of ketones is 1. The number of rotatable bonds is 6. The monoisotopic (exact) mass is 292 g/mol. The van der Waals surface area contributed by atoms with Crippen molar-refractivity contribution in [2.75, 3.05) is 0 Å². The number of allylic oxidation sites excluding steroid dienone is 4. The molecule has 0 saturated carbocycles. The van der Waals surface area contributed by atoms with Gasteiger partial charge in [-0.15, -0.1) is 0 Å². The molecular weight excluding hydrogens is 264 g/mol. The lowest BCUT2D eigenvalue weighted by Crippen LogP contribution is -2.24. The van der Waals surface area contributed by atoms with Crippen molar-refractivity contribution in [3.8, 4) is 0 Å². The zero-order valence-corrected chi connectivity index (χ0v) is 14.0. The predicted octanol–water partition coefficient (Wildman–Crippen LogP) is 4.58.